The van der Waals surface area contributed by atoms with Crippen LogP contribution in [0.15, 0.2) is 77.5 Å². The number of hydrogen-bond acceptors (Lipinski definition) is 6. The molecule has 0 bridgehead atoms. The van der Waals surface area contributed by atoms with Crippen molar-refractivity contribution in [2.75, 3.05) is 22.1 Å². The lowest BCUT2D eigenvalue weighted by atomic mass is 10.1. The maximum Gasteiger partial charge on any atom is 0.338 e. The molecule has 1 heterocycles. The number of hydrogen-bond donors (Lipinski definition) is 2. The summed E-state index contributed by atoms with van der Waals surface area (Å²) in [7, 11) is 0. The summed E-state index contributed by atoms with van der Waals surface area (Å²) in [6, 6.07) is 16.9. The molecule has 0 saturated carbocycles. The van der Waals surface area contributed by atoms with E-state index in [2.05, 4.69) is 10.6 Å². The number of ether oxygens (including phenoxy) is 1. The summed E-state index contributed by atoms with van der Waals surface area (Å²) < 4.78 is 5.12. The Balaban J connectivity index is 1.44. The van der Waals surface area contributed by atoms with Gasteiger partial charge in [-0.05, 0) is 67.1 Å². The van der Waals surface area contributed by atoms with Crippen LogP contribution in [0.25, 0.3) is 0 Å². The maximum absolute atomic E-state index is 13.0. The lowest BCUT2D eigenvalue weighted by molar-refractivity contribution is -0.120. The predicted octanol–water partition coefficient (Wildman–Crippen LogP) is 6.25. The summed E-state index contributed by atoms with van der Waals surface area (Å²) >= 11 is 18.2. The largest absolute Gasteiger partial charge is 0.462 e. The van der Waals surface area contributed by atoms with E-state index in [9.17, 15) is 19.2 Å². The molecule has 0 aromatic heterocycles. The molecule has 1 aliphatic heterocycles. The van der Waals surface area contributed by atoms with Crippen LogP contribution in [0.5, 0.6) is 0 Å². The van der Waals surface area contributed by atoms with Crippen LogP contribution in [0.1, 0.15) is 34.1 Å². The molecule has 0 spiro atoms. The quantitative estimate of drug-likeness (QED) is 0.244. The van der Waals surface area contributed by atoms with E-state index in [-0.39, 0.29) is 26.5 Å². The molecule has 0 radical (unpaired) electrons. The highest BCUT2D eigenvalue weighted by Gasteiger charge is 2.39. The summed E-state index contributed by atoms with van der Waals surface area (Å²) in [5, 5.41) is 5.77. The van der Waals surface area contributed by atoms with Gasteiger partial charge in [-0.15, -0.1) is 0 Å². The smallest absolute Gasteiger partial charge is 0.338 e. The van der Waals surface area contributed by atoms with Gasteiger partial charge < -0.3 is 15.4 Å². The molecular formula is C27H20Cl3N3O5. The number of benzene rings is 3. The number of nitrogens with zero attached hydrogens (tertiary/aromatic N) is 1. The van der Waals surface area contributed by atoms with Gasteiger partial charge in [0, 0.05) is 27.0 Å². The Kier molecular flexibility index (Phi) is 8.36. The third kappa shape index (κ3) is 5.99. The van der Waals surface area contributed by atoms with Crippen molar-refractivity contribution in [1.29, 1.82) is 0 Å². The highest BCUT2D eigenvalue weighted by Crippen LogP contribution is 2.33. The Labute approximate surface area is 233 Å². The first kappa shape index (κ1) is 27.2. The topological polar surface area (TPSA) is 105 Å². The minimum absolute atomic E-state index is 0.128. The first-order valence-corrected chi connectivity index (χ1v) is 12.5. The monoisotopic (exact) mass is 571 g/mol. The van der Waals surface area contributed by atoms with Crippen LogP contribution >= 0.6 is 34.8 Å². The SMILES string of the molecule is CCCOC(=O)c1cccc(NC(=O)c2ccc(NC3=C(Cl)C(=O)N(c4cc(Cl)cc(Cl)c4)C3=O)cc2)c1. The molecule has 0 aliphatic carbocycles. The van der Waals surface area contributed by atoms with Crippen molar-refractivity contribution in [1.82, 2.24) is 0 Å². The lowest BCUT2D eigenvalue weighted by Crippen LogP contribution is -2.32. The number of carbonyl (C=O) groups is 4. The molecule has 2 N–H and O–H groups in total. The number of esters is 1. The van der Waals surface area contributed by atoms with E-state index in [1.807, 2.05) is 6.92 Å². The third-order valence-electron chi connectivity index (χ3n) is 5.34. The minimum Gasteiger partial charge on any atom is -0.462 e. The van der Waals surface area contributed by atoms with E-state index in [1.165, 1.54) is 36.4 Å². The lowest BCUT2D eigenvalue weighted by Gasteiger charge is -2.16. The Hall–Kier alpha value is -3.85. The predicted molar refractivity (Wildman–Crippen MR) is 147 cm³/mol. The average Bonchev–Trinajstić information content (AvgIpc) is 3.10. The molecule has 0 saturated heterocycles. The Morgan fingerprint density at radius 3 is 2.18 bits per heavy atom. The first-order valence-electron chi connectivity index (χ1n) is 11.4. The fraction of sp³-hybridized carbons (Fsp3) is 0.111. The molecular weight excluding hydrogens is 553 g/mol. The van der Waals surface area contributed by atoms with Crippen molar-refractivity contribution in [2.45, 2.75) is 13.3 Å². The summed E-state index contributed by atoms with van der Waals surface area (Å²) in [6.07, 6.45) is 0.704. The van der Waals surface area contributed by atoms with Gasteiger partial charge >= 0.3 is 5.97 Å². The Morgan fingerprint density at radius 2 is 1.53 bits per heavy atom. The summed E-state index contributed by atoms with van der Waals surface area (Å²) in [6.45, 7) is 2.21. The second kappa shape index (κ2) is 11.7. The highest BCUT2D eigenvalue weighted by atomic mass is 35.5. The fourth-order valence-electron chi connectivity index (χ4n) is 3.57. The number of anilines is 3. The van der Waals surface area contributed by atoms with Gasteiger partial charge in [0.2, 0.25) is 0 Å². The molecule has 3 amide bonds. The Bertz CT molecular complexity index is 1450. The fourth-order valence-corrected chi connectivity index (χ4v) is 4.30. The van der Waals surface area contributed by atoms with Gasteiger partial charge in [-0.3, -0.25) is 14.4 Å². The molecule has 4 rings (SSSR count). The molecule has 1 aliphatic rings. The Morgan fingerprint density at radius 1 is 0.842 bits per heavy atom. The summed E-state index contributed by atoms with van der Waals surface area (Å²) in [5.41, 5.74) is 1.54. The number of halogens is 3. The first-order chi connectivity index (χ1) is 18.2. The maximum atomic E-state index is 13.0. The van der Waals surface area contributed by atoms with Gasteiger partial charge in [0.15, 0.2) is 0 Å². The van der Waals surface area contributed by atoms with Crippen molar-refractivity contribution < 1.29 is 23.9 Å². The second-order valence-corrected chi connectivity index (χ2v) is 9.39. The second-order valence-electron chi connectivity index (χ2n) is 8.14. The molecule has 8 nitrogen and oxygen atoms in total. The van der Waals surface area contributed by atoms with Crippen LogP contribution in [0.4, 0.5) is 17.1 Å². The van der Waals surface area contributed by atoms with Crippen LogP contribution in [0.2, 0.25) is 10.0 Å². The van der Waals surface area contributed by atoms with Crippen molar-refractivity contribution in [2.24, 2.45) is 0 Å². The van der Waals surface area contributed by atoms with E-state index in [0.29, 0.717) is 35.5 Å². The van der Waals surface area contributed by atoms with Crippen LogP contribution in [-0.2, 0) is 14.3 Å². The van der Waals surface area contributed by atoms with E-state index in [4.69, 9.17) is 39.5 Å². The number of imide groups is 1. The van der Waals surface area contributed by atoms with E-state index in [0.717, 1.165) is 4.90 Å². The van der Waals surface area contributed by atoms with Crippen molar-refractivity contribution in [3.05, 3.63) is 98.6 Å². The normalized spacial score (nSPS) is 13.1. The molecule has 194 valence electrons. The third-order valence-corrected chi connectivity index (χ3v) is 6.13. The molecule has 38 heavy (non-hydrogen) atoms. The van der Waals surface area contributed by atoms with Crippen LogP contribution in [0.3, 0.4) is 0 Å². The molecule has 0 unspecified atom stereocenters. The van der Waals surface area contributed by atoms with E-state index in [1.54, 1.807) is 30.3 Å². The number of carbonyl (C=O) groups excluding carboxylic acids is 4. The van der Waals surface area contributed by atoms with Gasteiger partial charge in [0.05, 0.1) is 17.9 Å². The van der Waals surface area contributed by atoms with Gasteiger partial charge in [-0.2, -0.15) is 0 Å². The van der Waals surface area contributed by atoms with E-state index >= 15 is 0 Å². The van der Waals surface area contributed by atoms with Crippen LogP contribution < -0.4 is 15.5 Å². The van der Waals surface area contributed by atoms with E-state index < -0.39 is 23.7 Å². The molecule has 3 aromatic rings. The van der Waals surface area contributed by atoms with Crippen LogP contribution in [-0.4, -0.2) is 30.3 Å². The van der Waals surface area contributed by atoms with Crippen LogP contribution in [0, 0.1) is 0 Å². The summed E-state index contributed by atoms with van der Waals surface area (Å²) in [4.78, 5) is 51.3. The highest BCUT2D eigenvalue weighted by molar-refractivity contribution is 6.53. The zero-order chi connectivity index (χ0) is 27.4. The average molecular weight is 573 g/mol. The van der Waals surface area contributed by atoms with Gasteiger partial charge in [-0.1, -0.05) is 47.8 Å². The minimum atomic E-state index is -0.727. The van der Waals surface area contributed by atoms with Crippen molar-refractivity contribution >= 4 is 75.6 Å². The van der Waals surface area contributed by atoms with Gasteiger partial charge in [0.25, 0.3) is 17.7 Å². The zero-order valence-corrected chi connectivity index (χ0v) is 22.2. The van der Waals surface area contributed by atoms with Gasteiger partial charge in [-0.25, -0.2) is 9.69 Å². The number of rotatable bonds is 8. The molecule has 11 heteroatoms. The summed E-state index contributed by atoms with van der Waals surface area (Å²) in [5.74, 6) is -2.29. The number of amides is 3. The van der Waals surface area contributed by atoms with Crippen molar-refractivity contribution in [3.8, 4) is 0 Å². The molecule has 3 aromatic carbocycles. The van der Waals surface area contributed by atoms with Gasteiger partial charge in [0.1, 0.15) is 10.7 Å². The van der Waals surface area contributed by atoms with Crippen molar-refractivity contribution in [3.63, 3.8) is 0 Å². The molecule has 0 fully saturated rings. The zero-order valence-electron chi connectivity index (χ0n) is 19.9. The molecule has 0 atom stereocenters. The number of nitrogens with one attached hydrogen (secondary N) is 2. The standard InChI is InChI=1S/C27H20Cl3N3O5/c1-2-10-38-27(37)16-4-3-5-20(11-16)32-24(34)15-6-8-19(9-7-15)31-23-22(30)25(35)33(26(23)36)21-13-17(28)12-18(29)14-21/h3-9,11-14,31H,2,10H2,1H3,(H,32,34).